The number of hydrogen-bond acceptors (Lipinski definition) is 7. The van der Waals surface area contributed by atoms with E-state index in [-0.39, 0.29) is 10.3 Å². The summed E-state index contributed by atoms with van der Waals surface area (Å²) in [6.45, 7) is 0. The van der Waals surface area contributed by atoms with Crippen molar-refractivity contribution in [2.75, 3.05) is 16.4 Å². The molecule has 35 heavy (non-hydrogen) atoms. The summed E-state index contributed by atoms with van der Waals surface area (Å²) in [4.78, 5) is 16.0. The maximum absolute atomic E-state index is 5.40. The molecule has 0 fully saturated rings. The largest absolute Gasteiger partial charge is 0.399 e. The van der Waals surface area contributed by atoms with E-state index in [1.165, 1.54) is 12.4 Å². The maximum Gasteiger partial charge on any atom is 0.173 e. The van der Waals surface area contributed by atoms with Crippen LogP contribution in [0.5, 0.6) is 0 Å². The molecule has 0 bridgehead atoms. The minimum absolute atomic E-state index is 0.245. The van der Waals surface area contributed by atoms with Crippen molar-refractivity contribution in [3.05, 3.63) is 126 Å². The number of nitrogens with two attached hydrogens (primary N) is 1. The molecule has 0 atom stereocenters. The molecule has 5 rings (SSSR count). The normalized spacial score (nSPS) is 9.54. The van der Waals surface area contributed by atoms with Gasteiger partial charge in [-0.25, -0.2) is 19.9 Å². The quantitative estimate of drug-likeness (QED) is 0.226. The van der Waals surface area contributed by atoms with Crippen LogP contribution in [0.4, 0.5) is 28.7 Å². The van der Waals surface area contributed by atoms with Gasteiger partial charge in [0.1, 0.15) is 0 Å². The van der Waals surface area contributed by atoms with E-state index in [9.17, 15) is 0 Å². The summed E-state index contributed by atoms with van der Waals surface area (Å²) in [5.74, 6) is 1.39. The van der Waals surface area contributed by atoms with Gasteiger partial charge in [-0.1, -0.05) is 77.8 Å². The van der Waals surface area contributed by atoms with Crippen molar-refractivity contribution in [1.29, 1.82) is 0 Å². The second-order valence-corrected chi connectivity index (χ2v) is 7.50. The molecule has 2 aromatic heterocycles. The number of nitrogens with one attached hydrogen (secondary N) is 2. The monoisotopic (exact) mass is 503 g/mol. The van der Waals surface area contributed by atoms with Crippen molar-refractivity contribution < 1.29 is 0 Å². The van der Waals surface area contributed by atoms with Crippen LogP contribution in [0.25, 0.3) is 0 Å². The number of hydrogen-bond donors (Lipinski definition) is 3. The van der Waals surface area contributed by atoms with E-state index >= 15 is 0 Å². The van der Waals surface area contributed by atoms with Crippen LogP contribution in [0.1, 0.15) is 0 Å². The van der Waals surface area contributed by atoms with Gasteiger partial charge in [-0.15, -0.1) is 0 Å². The van der Waals surface area contributed by atoms with Crippen molar-refractivity contribution in [1.82, 2.24) is 19.9 Å². The lowest BCUT2D eigenvalue weighted by Crippen LogP contribution is -2.01. The highest BCUT2D eigenvalue weighted by Crippen LogP contribution is 2.23. The molecule has 0 saturated carbocycles. The lowest BCUT2D eigenvalue weighted by atomic mass is 10.3. The first-order valence-electron chi connectivity index (χ1n) is 10.5. The van der Waals surface area contributed by atoms with Crippen LogP contribution >= 0.6 is 23.2 Å². The van der Waals surface area contributed by atoms with E-state index in [1.807, 2.05) is 91.0 Å². The Hall–Kier alpha value is -4.20. The highest BCUT2D eigenvalue weighted by molar-refractivity contribution is 6.40. The fourth-order valence-electron chi connectivity index (χ4n) is 2.59. The number of anilines is 5. The summed E-state index contributed by atoms with van der Waals surface area (Å²) in [7, 11) is 0. The van der Waals surface area contributed by atoms with Crippen LogP contribution < -0.4 is 16.4 Å². The van der Waals surface area contributed by atoms with Gasteiger partial charge in [-0.2, -0.15) is 0 Å². The summed E-state index contributed by atoms with van der Waals surface area (Å²) in [6, 6.07) is 29.3. The minimum atomic E-state index is 0.245. The number of nitrogens with zero attached hydrogens (tertiary/aromatic N) is 4. The highest BCUT2D eigenvalue weighted by atomic mass is 35.5. The number of halogens is 2. The van der Waals surface area contributed by atoms with Crippen LogP contribution in [0.15, 0.2) is 116 Å². The average Bonchev–Trinajstić information content (AvgIpc) is 2.90. The molecular formula is C26H23Cl2N7. The van der Waals surface area contributed by atoms with Gasteiger partial charge in [0.25, 0.3) is 0 Å². The first-order chi connectivity index (χ1) is 17.1. The first kappa shape index (κ1) is 25.4. The van der Waals surface area contributed by atoms with Gasteiger partial charge in [0.15, 0.2) is 21.9 Å². The Labute approximate surface area is 214 Å². The predicted molar refractivity (Wildman–Crippen MR) is 144 cm³/mol. The number of para-hydroxylation sites is 3. The fraction of sp³-hybridized carbons (Fsp3) is 0. The lowest BCUT2D eigenvalue weighted by Gasteiger charge is -2.11. The third kappa shape index (κ3) is 9.29. The number of nitrogen functional groups attached to an aromatic ring is 1. The van der Waals surface area contributed by atoms with E-state index in [4.69, 9.17) is 28.9 Å². The second-order valence-electron chi connectivity index (χ2n) is 6.78. The molecule has 0 radical (unpaired) electrons. The first-order valence-corrected chi connectivity index (χ1v) is 11.2. The maximum atomic E-state index is 5.40. The zero-order valence-electron chi connectivity index (χ0n) is 18.6. The van der Waals surface area contributed by atoms with Gasteiger partial charge in [0, 0.05) is 41.8 Å². The molecule has 0 aliphatic rings. The van der Waals surface area contributed by atoms with Crippen molar-refractivity contribution in [2.24, 2.45) is 0 Å². The van der Waals surface area contributed by atoms with Crippen LogP contribution in [-0.2, 0) is 0 Å². The van der Waals surface area contributed by atoms with Crippen molar-refractivity contribution >= 4 is 51.9 Å². The minimum Gasteiger partial charge on any atom is -0.399 e. The van der Waals surface area contributed by atoms with Crippen LogP contribution in [0.3, 0.4) is 0 Å². The third-order valence-electron chi connectivity index (χ3n) is 4.18. The van der Waals surface area contributed by atoms with E-state index in [0.717, 1.165) is 17.1 Å². The zero-order chi connectivity index (χ0) is 24.7. The Morgan fingerprint density at radius 2 is 0.829 bits per heavy atom. The Bertz CT molecular complexity index is 1190. The Morgan fingerprint density at radius 3 is 1.14 bits per heavy atom. The number of rotatable bonds is 4. The smallest absolute Gasteiger partial charge is 0.173 e. The van der Waals surface area contributed by atoms with Crippen LogP contribution in [-0.4, -0.2) is 19.9 Å². The van der Waals surface area contributed by atoms with Crippen molar-refractivity contribution in [3.8, 4) is 0 Å². The SMILES string of the molecule is Clc1nccnc1Cl.Nc1ccccc1.c1ccc(Nc2nccnc2Nc2ccccc2)cc1. The zero-order valence-corrected chi connectivity index (χ0v) is 20.1. The van der Waals surface area contributed by atoms with E-state index < -0.39 is 0 Å². The lowest BCUT2D eigenvalue weighted by molar-refractivity contribution is 1.19. The van der Waals surface area contributed by atoms with Crippen molar-refractivity contribution in [2.45, 2.75) is 0 Å². The van der Waals surface area contributed by atoms with Gasteiger partial charge in [-0.05, 0) is 36.4 Å². The molecular weight excluding hydrogens is 481 g/mol. The second kappa shape index (κ2) is 14.1. The summed E-state index contributed by atoms with van der Waals surface area (Å²) < 4.78 is 0. The standard InChI is InChI=1S/C16H14N4.C6H7N.C4H2Cl2N2/c1-3-7-13(8-4-1)19-15-16(18-12-11-17-15)20-14-9-5-2-6-10-14;7-6-4-2-1-3-5-6;5-3-4(6)8-2-1-7-3/h1-12H,(H,17,19)(H,18,20);1-5H,7H2;1-2H. The molecule has 0 aliphatic heterocycles. The fourth-order valence-corrected chi connectivity index (χ4v) is 2.80. The highest BCUT2D eigenvalue weighted by Gasteiger charge is 2.05. The molecule has 0 aliphatic carbocycles. The summed E-state index contributed by atoms with van der Waals surface area (Å²) in [5, 5.41) is 7.00. The molecule has 3 aromatic carbocycles. The summed E-state index contributed by atoms with van der Waals surface area (Å²) in [6.07, 6.45) is 6.30. The van der Waals surface area contributed by atoms with Crippen LogP contribution in [0, 0.1) is 0 Å². The Morgan fingerprint density at radius 1 is 0.486 bits per heavy atom. The molecule has 5 aromatic rings. The topological polar surface area (TPSA) is 102 Å². The van der Waals surface area contributed by atoms with Crippen molar-refractivity contribution in [3.63, 3.8) is 0 Å². The molecule has 0 unspecified atom stereocenters. The van der Waals surface area contributed by atoms with E-state index in [0.29, 0.717) is 11.6 Å². The average molecular weight is 504 g/mol. The molecule has 0 spiro atoms. The van der Waals surface area contributed by atoms with Gasteiger partial charge in [-0.3, -0.25) is 0 Å². The molecule has 7 nitrogen and oxygen atoms in total. The van der Waals surface area contributed by atoms with E-state index in [2.05, 4.69) is 30.6 Å². The molecule has 176 valence electrons. The number of benzene rings is 3. The Kier molecular flexibility index (Phi) is 10.3. The third-order valence-corrected chi connectivity index (χ3v) is 4.83. The molecule has 0 amide bonds. The molecule has 4 N–H and O–H groups in total. The summed E-state index contributed by atoms with van der Waals surface area (Å²) >= 11 is 10.8. The van der Waals surface area contributed by atoms with Gasteiger partial charge < -0.3 is 16.4 Å². The van der Waals surface area contributed by atoms with Gasteiger partial charge in [0.05, 0.1) is 0 Å². The molecule has 0 saturated heterocycles. The Balaban J connectivity index is 0.000000186. The van der Waals surface area contributed by atoms with Gasteiger partial charge >= 0.3 is 0 Å². The number of aromatic nitrogens is 4. The van der Waals surface area contributed by atoms with E-state index in [1.54, 1.807) is 12.4 Å². The molecule has 9 heteroatoms. The summed E-state index contributed by atoms with van der Waals surface area (Å²) in [5.41, 5.74) is 8.13. The van der Waals surface area contributed by atoms with Crippen LogP contribution in [0.2, 0.25) is 10.3 Å². The predicted octanol–water partition coefficient (Wildman–Crippen LogP) is 7.02. The molecule has 2 heterocycles. The van der Waals surface area contributed by atoms with Gasteiger partial charge in [0.2, 0.25) is 0 Å².